The second-order valence-electron chi connectivity index (χ2n) is 4.81. The lowest BCUT2D eigenvalue weighted by atomic mass is 10.0. The van der Waals surface area contributed by atoms with Crippen LogP contribution in [-0.4, -0.2) is 62.0 Å². The lowest BCUT2D eigenvalue weighted by molar-refractivity contribution is -0.148. The zero-order valence-electron chi connectivity index (χ0n) is 12.4. The summed E-state index contributed by atoms with van der Waals surface area (Å²) in [4.78, 5) is 26.9. The highest BCUT2D eigenvalue weighted by Crippen LogP contribution is 2.13. The van der Waals surface area contributed by atoms with Gasteiger partial charge in [0.05, 0.1) is 19.6 Å². The lowest BCUT2D eigenvalue weighted by Gasteiger charge is -2.32. The number of methoxy groups -OCH3 is 1. The van der Waals surface area contributed by atoms with Gasteiger partial charge in [0.15, 0.2) is 0 Å². The quantitative estimate of drug-likeness (QED) is 0.639. The Hall–Kier alpha value is -1.10. The van der Waals surface area contributed by atoms with E-state index in [0.29, 0.717) is 6.54 Å². The molecule has 0 aliphatic heterocycles. The van der Waals surface area contributed by atoms with E-state index < -0.39 is 0 Å². The number of esters is 1. The number of rotatable bonds is 7. The van der Waals surface area contributed by atoms with E-state index in [1.54, 1.807) is 19.0 Å². The Balaban J connectivity index is 4.67. The molecule has 1 amide bonds. The fraction of sp³-hybridized carbons (Fsp3) is 0.846. The number of hydrogen-bond acceptors (Lipinski definition) is 4. The molecular weight excluding hydrogens is 232 g/mol. The van der Waals surface area contributed by atoms with Crippen molar-refractivity contribution in [1.29, 1.82) is 0 Å². The van der Waals surface area contributed by atoms with Gasteiger partial charge in [0.1, 0.15) is 0 Å². The minimum atomic E-state index is -0.239. The van der Waals surface area contributed by atoms with Crippen molar-refractivity contribution in [3.05, 3.63) is 0 Å². The molecule has 0 fully saturated rings. The van der Waals surface area contributed by atoms with Crippen LogP contribution >= 0.6 is 0 Å². The molecule has 18 heavy (non-hydrogen) atoms. The van der Waals surface area contributed by atoms with Crippen LogP contribution in [0.1, 0.15) is 27.2 Å². The van der Waals surface area contributed by atoms with E-state index in [0.717, 1.165) is 13.0 Å². The molecule has 106 valence electrons. The van der Waals surface area contributed by atoms with Crippen molar-refractivity contribution in [2.75, 3.05) is 34.3 Å². The van der Waals surface area contributed by atoms with Gasteiger partial charge in [0.25, 0.3) is 0 Å². The highest BCUT2D eigenvalue weighted by atomic mass is 16.5. The molecule has 2 atom stereocenters. The van der Waals surface area contributed by atoms with Crippen molar-refractivity contribution in [2.45, 2.75) is 33.2 Å². The van der Waals surface area contributed by atoms with Crippen LogP contribution < -0.4 is 0 Å². The molecule has 0 spiro atoms. The average molecular weight is 258 g/mol. The predicted molar refractivity (Wildman–Crippen MR) is 71.2 cm³/mol. The first-order valence-corrected chi connectivity index (χ1v) is 6.37. The summed E-state index contributed by atoms with van der Waals surface area (Å²) in [7, 11) is 4.86. The number of hydrogen-bond donors (Lipinski definition) is 0. The fourth-order valence-corrected chi connectivity index (χ4v) is 1.73. The van der Waals surface area contributed by atoms with E-state index in [1.165, 1.54) is 7.11 Å². The SMILES string of the molecule is CCCN(CC(=O)N(C)C)C(C)C(C)C(=O)OC. The molecule has 0 N–H and O–H groups in total. The van der Waals surface area contributed by atoms with Crippen LogP contribution in [0, 0.1) is 5.92 Å². The Morgan fingerprint density at radius 2 is 1.78 bits per heavy atom. The Morgan fingerprint density at radius 1 is 1.22 bits per heavy atom. The predicted octanol–water partition coefficient (Wildman–Crippen LogP) is 0.984. The lowest BCUT2D eigenvalue weighted by Crippen LogP contribution is -2.46. The Bertz CT molecular complexity index is 279. The van der Waals surface area contributed by atoms with Crippen molar-refractivity contribution < 1.29 is 14.3 Å². The third-order valence-electron chi connectivity index (χ3n) is 3.22. The summed E-state index contributed by atoms with van der Waals surface area (Å²) < 4.78 is 4.75. The third kappa shape index (κ3) is 5.04. The van der Waals surface area contributed by atoms with Gasteiger partial charge >= 0.3 is 5.97 Å². The number of ether oxygens (including phenoxy) is 1. The normalized spacial score (nSPS) is 14.2. The summed E-state index contributed by atoms with van der Waals surface area (Å²) >= 11 is 0. The maximum absolute atomic E-state index is 11.8. The van der Waals surface area contributed by atoms with Gasteiger partial charge in [-0.1, -0.05) is 13.8 Å². The van der Waals surface area contributed by atoms with Gasteiger partial charge in [0.2, 0.25) is 5.91 Å². The molecule has 5 heteroatoms. The maximum Gasteiger partial charge on any atom is 0.309 e. The number of likely N-dealkylation sites (N-methyl/N-ethyl adjacent to an activating group) is 1. The van der Waals surface area contributed by atoms with Crippen LogP contribution in [0.25, 0.3) is 0 Å². The van der Waals surface area contributed by atoms with Gasteiger partial charge in [-0.05, 0) is 19.9 Å². The molecular formula is C13H26N2O3. The molecule has 0 saturated heterocycles. The van der Waals surface area contributed by atoms with Crippen LogP contribution in [0.15, 0.2) is 0 Å². The standard InChI is InChI=1S/C13H26N2O3/c1-7-8-15(9-12(16)14(4)5)11(3)10(2)13(17)18-6/h10-11H,7-9H2,1-6H3. The first kappa shape index (κ1) is 16.9. The number of carbonyl (C=O) groups excluding carboxylic acids is 2. The summed E-state index contributed by atoms with van der Waals surface area (Å²) in [6.07, 6.45) is 0.943. The molecule has 0 heterocycles. The molecule has 0 bridgehead atoms. The van der Waals surface area contributed by atoms with Gasteiger partial charge in [-0.3, -0.25) is 14.5 Å². The monoisotopic (exact) mass is 258 g/mol. The first-order chi connectivity index (χ1) is 8.34. The maximum atomic E-state index is 11.8. The summed E-state index contributed by atoms with van der Waals surface area (Å²) in [5, 5.41) is 0. The molecule has 0 aromatic heterocycles. The van der Waals surface area contributed by atoms with Crippen LogP contribution in [0.5, 0.6) is 0 Å². The van der Waals surface area contributed by atoms with Crippen LogP contribution in [0.4, 0.5) is 0 Å². The highest BCUT2D eigenvalue weighted by molar-refractivity contribution is 5.78. The molecule has 0 aromatic rings. The minimum absolute atomic E-state index is 0.0127. The molecule has 0 saturated carbocycles. The second kappa shape index (κ2) is 8.08. The zero-order chi connectivity index (χ0) is 14.3. The third-order valence-corrected chi connectivity index (χ3v) is 3.22. The van der Waals surface area contributed by atoms with E-state index >= 15 is 0 Å². The van der Waals surface area contributed by atoms with Crippen molar-refractivity contribution in [3.63, 3.8) is 0 Å². The van der Waals surface area contributed by atoms with Gasteiger partial charge < -0.3 is 9.64 Å². The second-order valence-corrected chi connectivity index (χ2v) is 4.81. The fourth-order valence-electron chi connectivity index (χ4n) is 1.73. The Morgan fingerprint density at radius 3 is 2.17 bits per heavy atom. The topological polar surface area (TPSA) is 49.9 Å². The minimum Gasteiger partial charge on any atom is -0.469 e. The van der Waals surface area contributed by atoms with E-state index in [-0.39, 0.29) is 23.8 Å². The smallest absolute Gasteiger partial charge is 0.309 e. The van der Waals surface area contributed by atoms with Crippen molar-refractivity contribution in [2.24, 2.45) is 5.92 Å². The number of amides is 1. The summed E-state index contributed by atoms with van der Waals surface area (Å²) in [5.74, 6) is -0.426. The van der Waals surface area contributed by atoms with Crippen molar-refractivity contribution in [3.8, 4) is 0 Å². The molecule has 0 radical (unpaired) electrons. The molecule has 5 nitrogen and oxygen atoms in total. The van der Waals surface area contributed by atoms with Gasteiger partial charge in [-0.2, -0.15) is 0 Å². The zero-order valence-corrected chi connectivity index (χ0v) is 12.4. The molecule has 0 rings (SSSR count). The number of carbonyl (C=O) groups is 2. The summed E-state index contributed by atoms with van der Waals surface area (Å²) in [5.41, 5.74) is 0. The van der Waals surface area contributed by atoms with Gasteiger partial charge in [-0.25, -0.2) is 0 Å². The Kier molecular flexibility index (Phi) is 7.59. The summed E-state index contributed by atoms with van der Waals surface area (Å²) in [6, 6.07) is -0.0127. The first-order valence-electron chi connectivity index (χ1n) is 6.37. The molecule has 0 aliphatic rings. The van der Waals surface area contributed by atoms with E-state index in [9.17, 15) is 9.59 Å². The van der Waals surface area contributed by atoms with E-state index in [2.05, 4.69) is 6.92 Å². The molecule has 2 unspecified atom stereocenters. The van der Waals surface area contributed by atoms with Crippen LogP contribution in [0.3, 0.4) is 0 Å². The van der Waals surface area contributed by atoms with Gasteiger partial charge in [-0.15, -0.1) is 0 Å². The molecule has 0 aliphatic carbocycles. The van der Waals surface area contributed by atoms with E-state index in [4.69, 9.17) is 4.74 Å². The Labute approximate surface area is 110 Å². The van der Waals surface area contributed by atoms with Gasteiger partial charge in [0, 0.05) is 20.1 Å². The average Bonchev–Trinajstić information content (AvgIpc) is 2.35. The number of nitrogens with zero attached hydrogens (tertiary/aromatic N) is 2. The van der Waals surface area contributed by atoms with Crippen LogP contribution in [0.2, 0.25) is 0 Å². The van der Waals surface area contributed by atoms with Crippen molar-refractivity contribution >= 4 is 11.9 Å². The molecule has 0 aromatic carbocycles. The highest BCUT2D eigenvalue weighted by Gasteiger charge is 2.27. The largest absolute Gasteiger partial charge is 0.469 e. The van der Waals surface area contributed by atoms with Crippen LogP contribution in [-0.2, 0) is 14.3 Å². The van der Waals surface area contributed by atoms with Crippen molar-refractivity contribution in [1.82, 2.24) is 9.80 Å². The summed E-state index contributed by atoms with van der Waals surface area (Å²) in [6.45, 7) is 6.98. The van der Waals surface area contributed by atoms with E-state index in [1.807, 2.05) is 18.7 Å².